The average Bonchev–Trinajstić information content (AvgIpc) is 2.44. The van der Waals surface area contributed by atoms with Gasteiger partial charge < -0.3 is 10.6 Å². The van der Waals surface area contributed by atoms with Crippen molar-refractivity contribution in [2.24, 2.45) is 10.8 Å². The number of rotatable bonds is 5. The van der Waals surface area contributed by atoms with Crippen molar-refractivity contribution in [2.75, 3.05) is 6.54 Å². The Hall–Kier alpha value is -1.30. The van der Waals surface area contributed by atoms with E-state index in [9.17, 15) is 4.79 Å². The Kier molecular flexibility index (Phi) is 7.25. The number of hydrogen-bond acceptors (Lipinski definition) is 3. The first kappa shape index (κ1) is 15.8. The summed E-state index contributed by atoms with van der Waals surface area (Å²) in [4.78, 5) is 16.3. The van der Waals surface area contributed by atoms with E-state index < -0.39 is 0 Å². The number of hydrazine groups is 1. The molecular weight excluding hydrogens is 242 g/mol. The minimum absolute atomic E-state index is 0.0338. The fraction of sp³-hybridized carbons (Fsp3) is 0.846. The lowest BCUT2D eigenvalue weighted by atomic mass is 9.96. The van der Waals surface area contributed by atoms with Crippen LogP contribution in [-0.2, 0) is 4.79 Å². The number of guanidine groups is 1. The first-order chi connectivity index (χ1) is 9.17. The molecule has 0 aliphatic heterocycles. The molecule has 0 heterocycles. The van der Waals surface area contributed by atoms with Crippen molar-refractivity contribution in [3.8, 4) is 0 Å². The maximum Gasteiger partial charge on any atom is 0.242 e. The quantitative estimate of drug-likeness (QED) is 0.255. The van der Waals surface area contributed by atoms with E-state index in [0.717, 1.165) is 19.3 Å². The Morgan fingerprint density at radius 2 is 2.05 bits per heavy atom. The minimum atomic E-state index is -0.343. The summed E-state index contributed by atoms with van der Waals surface area (Å²) >= 11 is 0. The number of aliphatic imine (C=N–C) groups is 1. The van der Waals surface area contributed by atoms with Gasteiger partial charge in [-0.25, -0.2) is 10.8 Å². The SMILES string of the molecule is CCCNC(=O)C(C)NC(=NC1CCCCC1)NN. The lowest BCUT2D eigenvalue weighted by Crippen LogP contribution is -2.51. The molecule has 110 valence electrons. The largest absolute Gasteiger partial charge is 0.354 e. The van der Waals surface area contributed by atoms with Crippen molar-refractivity contribution < 1.29 is 4.79 Å². The molecule has 0 aromatic rings. The number of hydrogen-bond donors (Lipinski definition) is 4. The zero-order chi connectivity index (χ0) is 14.1. The topological polar surface area (TPSA) is 91.5 Å². The first-order valence-electron chi connectivity index (χ1n) is 7.26. The van der Waals surface area contributed by atoms with E-state index in [1.54, 1.807) is 6.92 Å². The molecule has 0 aromatic heterocycles. The predicted molar refractivity (Wildman–Crippen MR) is 77.5 cm³/mol. The van der Waals surface area contributed by atoms with E-state index in [2.05, 4.69) is 21.1 Å². The summed E-state index contributed by atoms with van der Waals surface area (Å²) in [6.07, 6.45) is 6.86. The van der Waals surface area contributed by atoms with E-state index in [-0.39, 0.29) is 11.9 Å². The second-order valence-electron chi connectivity index (χ2n) is 5.07. The molecule has 1 amide bonds. The van der Waals surface area contributed by atoms with Gasteiger partial charge >= 0.3 is 0 Å². The van der Waals surface area contributed by atoms with Gasteiger partial charge in [0.25, 0.3) is 0 Å². The summed E-state index contributed by atoms with van der Waals surface area (Å²) < 4.78 is 0. The molecule has 0 radical (unpaired) electrons. The standard InChI is InChI=1S/C13H27N5O/c1-3-9-15-12(19)10(2)16-13(18-14)17-11-7-5-4-6-8-11/h10-11H,3-9,14H2,1-2H3,(H,15,19)(H2,16,17,18). The zero-order valence-corrected chi connectivity index (χ0v) is 12.0. The third-order valence-corrected chi connectivity index (χ3v) is 3.32. The van der Waals surface area contributed by atoms with Gasteiger partial charge in [0.05, 0.1) is 6.04 Å². The maximum absolute atomic E-state index is 11.7. The molecule has 1 saturated carbocycles. The Morgan fingerprint density at radius 1 is 1.37 bits per heavy atom. The molecule has 1 atom stereocenters. The van der Waals surface area contributed by atoms with Crippen LogP contribution in [0.15, 0.2) is 4.99 Å². The van der Waals surface area contributed by atoms with E-state index in [0.29, 0.717) is 18.5 Å². The highest BCUT2D eigenvalue weighted by Crippen LogP contribution is 2.19. The molecule has 0 saturated heterocycles. The molecule has 0 spiro atoms. The van der Waals surface area contributed by atoms with Crippen molar-refractivity contribution >= 4 is 11.9 Å². The van der Waals surface area contributed by atoms with Crippen LogP contribution in [0.1, 0.15) is 52.4 Å². The van der Waals surface area contributed by atoms with Gasteiger partial charge in [0, 0.05) is 6.54 Å². The summed E-state index contributed by atoms with van der Waals surface area (Å²) in [6.45, 7) is 4.52. The fourth-order valence-corrected chi connectivity index (χ4v) is 2.18. The van der Waals surface area contributed by atoms with Crippen molar-refractivity contribution in [3.05, 3.63) is 0 Å². The second kappa shape index (κ2) is 8.74. The molecule has 1 unspecified atom stereocenters. The van der Waals surface area contributed by atoms with Crippen LogP contribution in [0, 0.1) is 0 Å². The van der Waals surface area contributed by atoms with Gasteiger partial charge in [-0.1, -0.05) is 26.2 Å². The average molecular weight is 269 g/mol. The summed E-state index contributed by atoms with van der Waals surface area (Å²) in [7, 11) is 0. The second-order valence-corrected chi connectivity index (χ2v) is 5.07. The normalized spacial score (nSPS) is 18.8. The van der Waals surface area contributed by atoms with Gasteiger partial charge in [-0.2, -0.15) is 0 Å². The highest BCUT2D eigenvalue weighted by atomic mass is 16.2. The highest BCUT2D eigenvalue weighted by molar-refractivity contribution is 5.88. The van der Waals surface area contributed by atoms with E-state index in [4.69, 9.17) is 5.84 Å². The van der Waals surface area contributed by atoms with Gasteiger partial charge in [0.1, 0.15) is 6.04 Å². The van der Waals surface area contributed by atoms with Crippen LogP contribution in [0.4, 0.5) is 0 Å². The Bertz CT molecular complexity index is 299. The monoisotopic (exact) mass is 269 g/mol. The first-order valence-corrected chi connectivity index (χ1v) is 7.26. The number of carbonyl (C=O) groups is 1. The summed E-state index contributed by atoms with van der Waals surface area (Å²) in [5.41, 5.74) is 2.55. The van der Waals surface area contributed by atoms with Crippen LogP contribution in [0.2, 0.25) is 0 Å². The van der Waals surface area contributed by atoms with Crippen molar-refractivity contribution in [1.29, 1.82) is 0 Å². The summed E-state index contributed by atoms with van der Waals surface area (Å²) in [5.74, 6) is 5.94. The van der Waals surface area contributed by atoms with Gasteiger partial charge in [0.15, 0.2) is 0 Å². The number of amides is 1. The molecule has 6 heteroatoms. The minimum Gasteiger partial charge on any atom is -0.354 e. The zero-order valence-electron chi connectivity index (χ0n) is 12.0. The molecular formula is C13H27N5O. The van der Waals surface area contributed by atoms with Crippen LogP contribution < -0.4 is 21.9 Å². The van der Waals surface area contributed by atoms with Gasteiger partial charge in [-0.15, -0.1) is 0 Å². The maximum atomic E-state index is 11.7. The van der Waals surface area contributed by atoms with Gasteiger partial charge in [-0.3, -0.25) is 10.2 Å². The van der Waals surface area contributed by atoms with Crippen LogP contribution in [-0.4, -0.2) is 30.5 Å². The van der Waals surface area contributed by atoms with Crippen molar-refractivity contribution in [2.45, 2.75) is 64.5 Å². The van der Waals surface area contributed by atoms with Crippen LogP contribution in [0.3, 0.4) is 0 Å². The van der Waals surface area contributed by atoms with Crippen molar-refractivity contribution in [3.63, 3.8) is 0 Å². The third kappa shape index (κ3) is 5.92. The molecule has 0 aromatic carbocycles. The molecule has 1 rings (SSSR count). The van der Waals surface area contributed by atoms with E-state index in [1.165, 1.54) is 19.3 Å². The predicted octanol–water partition coefficient (Wildman–Crippen LogP) is 0.643. The molecule has 6 nitrogen and oxygen atoms in total. The number of carbonyl (C=O) groups excluding carboxylic acids is 1. The fourth-order valence-electron chi connectivity index (χ4n) is 2.18. The Labute approximate surface area is 115 Å². The number of nitrogens with one attached hydrogen (secondary N) is 3. The van der Waals surface area contributed by atoms with Crippen molar-refractivity contribution in [1.82, 2.24) is 16.1 Å². The van der Waals surface area contributed by atoms with Crippen LogP contribution >= 0.6 is 0 Å². The molecule has 1 aliphatic carbocycles. The number of nitrogens with two attached hydrogens (primary N) is 1. The lowest BCUT2D eigenvalue weighted by molar-refractivity contribution is -0.122. The molecule has 1 aliphatic rings. The molecule has 5 N–H and O–H groups in total. The Morgan fingerprint density at radius 3 is 2.63 bits per heavy atom. The van der Waals surface area contributed by atoms with E-state index in [1.807, 2.05) is 6.92 Å². The lowest BCUT2D eigenvalue weighted by Gasteiger charge is -2.21. The van der Waals surface area contributed by atoms with E-state index >= 15 is 0 Å². The van der Waals surface area contributed by atoms with Gasteiger partial charge in [-0.05, 0) is 26.2 Å². The van der Waals surface area contributed by atoms with Crippen LogP contribution in [0.5, 0.6) is 0 Å². The highest BCUT2D eigenvalue weighted by Gasteiger charge is 2.16. The summed E-state index contributed by atoms with van der Waals surface area (Å²) in [6, 6.07) is -0.0249. The smallest absolute Gasteiger partial charge is 0.242 e. The molecule has 0 bridgehead atoms. The van der Waals surface area contributed by atoms with Crippen LogP contribution in [0.25, 0.3) is 0 Å². The third-order valence-electron chi connectivity index (χ3n) is 3.32. The number of nitrogens with zero attached hydrogens (tertiary/aromatic N) is 1. The molecule has 1 fully saturated rings. The molecule has 19 heavy (non-hydrogen) atoms. The summed E-state index contributed by atoms with van der Waals surface area (Å²) in [5, 5.41) is 5.86. The Balaban J connectivity index is 2.45. The van der Waals surface area contributed by atoms with Gasteiger partial charge in [0.2, 0.25) is 11.9 Å².